The highest BCUT2D eigenvalue weighted by Gasteiger charge is 2.18. The van der Waals surface area contributed by atoms with Gasteiger partial charge in [-0.05, 0) is 31.9 Å². The molecule has 1 aromatic carbocycles. The van der Waals surface area contributed by atoms with Crippen molar-refractivity contribution in [2.24, 2.45) is 0 Å². The third kappa shape index (κ3) is 2.93. The molecule has 100 valence electrons. The van der Waals surface area contributed by atoms with E-state index in [1.165, 1.54) is 32.1 Å². The molecule has 1 fully saturated rings. The van der Waals surface area contributed by atoms with E-state index in [9.17, 15) is 4.39 Å². The van der Waals surface area contributed by atoms with Crippen LogP contribution in [-0.2, 0) is 6.42 Å². The largest absolute Gasteiger partial charge is 0.493 e. The summed E-state index contributed by atoms with van der Waals surface area (Å²) in [7, 11) is 3.12. The highest BCUT2D eigenvalue weighted by molar-refractivity contribution is 5.47. The second kappa shape index (κ2) is 6.05. The van der Waals surface area contributed by atoms with Crippen LogP contribution < -0.4 is 14.8 Å². The summed E-state index contributed by atoms with van der Waals surface area (Å²) >= 11 is 0. The van der Waals surface area contributed by atoms with E-state index in [1.807, 2.05) is 0 Å². The Bertz CT molecular complexity index is 403. The zero-order valence-corrected chi connectivity index (χ0v) is 11.0. The minimum absolute atomic E-state index is 0.279. The SMILES string of the molecule is COc1cc(F)cc(CC2CCCCN2)c1OC. The monoisotopic (exact) mass is 253 g/mol. The number of rotatable bonds is 4. The first kappa shape index (κ1) is 13.1. The summed E-state index contributed by atoms with van der Waals surface area (Å²) in [5.41, 5.74) is 0.869. The van der Waals surface area contributed by atoms with Gasteiger partial charge in [0.1, 0.15) is 5.82 Å². The first-order chi connectivity index (χ1) is 8.74. The third-order valence-electron chi connectivity index (χ3n) is 3.40. The van der Waals surface area contributed by atoms with Crippen LogP contribution in [0.15, 0.2) is 12.1 Å². The first-order valence-electron chi connectivity index (χ1n) is 6.38. The Balaban J connectivity index is 2.21. The minimum atomic E-state index is -0.279. The summed E-state index contributed by atoms with van der Waals surface area (Å²) in [5.74, 6) is 0.827. The van der Waals surface area contributed by atoms with Crippen molar-refractivity contribution in [2.45, 2.75) is 31.7 Å². The predicted molar refractivity (Wildman–Crippen MR) is 68.8 cm³/mol. The Kier molecular flexibility index (Phi) is 4.42. The van der Waals surface area contributed by atoms with Crippen LogP contribution in [0.1, 0.15) is 24.8 Å². The lowest BCUT2D eigenvalue weighted by Crippen LogP contribution is -2.35. The zero-order valence-electron chi connectivity index (χ0n) is 11.0. The van der Waals surface area contributed by atoms with Crippen LogP contribution in [0, 0.1) is 5.82 Å². The van der Waals surface area contributed by atoms with Crippen LogP contribution in [0.2, 0.25) is 0 Å². The van der Waals surface area contributed by atoms with Crippen LogP contribution in [0.4, 0.5) is 4.39 Å². The molecule has 1 aromatic rings. The van der Waals surface area contributed by atoms with Crippen molar-refractivity contribution in [3.05, 3.63) is 23.5 Å². The van der Waals surface area contributed by atoms with Gasteiger partial charge in [0.05, 0.1) is 14.2 Å². The van der Waals surface area contributed by atoms with Gasteiger partial charge in [0.25, 0.3) is 0 Å². The molecule has 1 atom stereocenters. The second-order valence-corrected chi connectivity index (χ2v) is 4.65. The van der Waals surface area contributed by atoms with Crippen LogP contribution in [0.3, 0.4) is 0 Å². The molecule has 1 N–H and O–H groups in total. The topological polar surface area (TPSA) is 30.5 Å². The fourth-order valence-electron chi connectivity index (χ4n) is 2.52. The maximum atomic E-state index is 13.5. The smallest absolute Gasteiger partial charge is 0.164 e. The average Bonchev–Trinajstić information content (AvgIpc) is 2.39. The number of ether oxygens (including phenoxy) is 2. The number of piperidine rings is 1. The lowest BCUT2D eigenvalue weighted by Gasteiger charge is -2.24. The number of hydrogen-bond acceptors (Lipinski definition) is 3. The van der Waals surface area contributed by atoms with Crippen LogP contribution in [0.5, 0.6) is 11.5 Å². The van der Waals surface area contributed by atoms with E-state index >= 15 is 0 Å². The van der Waals surface area contributed by atoms with E-state index in [2.05, 4.69) is 5.32 Å². The third-order valence-corrected chi connectivity index (χ3v) is 3.40. The minimum Gasteiger partial charge on any atom is -0.493 e. The molecule has 1 saturated heterocycles. The predicted octanol–water partition coefficient (Wildman–Crippen LogP) is 2.53. The van der Waals surface area contributed by atoms with E-state index in [4.69, 9.17) is 9.47 Å². The molecule has 1 aliphatic rings. The highest BCUT2D eigenvalue weighted by atomic mass is 19.1. The molecule has 0 aliphatic carbocycles. The van der Waals surface area contributed by atoms with E-state index < -0.39 is 0 Å². The van der Waals surface area contributed by atoms with Crippen molar-refractivity contribution in [3.63, 3.8) is 0 Å². The van der Waals surface area contributed by atoms with Crippen molar-refractivity contribution in [2.75, 3.05) is 20.8 Å². The van der Waals surface area contributed by atoms with Gasteiger partial charge in [-0.2, -0.15) is 0 Å². The molecule has 1 unspecified atom stereocenters. The van der Waals surface area contributed by atoms with Gasteiger partial charge in [-0.15, -0.1) is 0 Å². The van der Waals surface area contributed by atoms with Gasteiger partial charge in [0.15, 0.2) is 11.5 Å². The molecule has 0 amide bonds. The molecule has 0 bridgehead atoms. The van der Waals surface area contributed by atoms with Crippen molar-refractivity contribution in [3.8, 4) is 11.5 Å². The summed E-state index contributed by atoms with van der Waals surface area (Å²) in [6, 6.07) is 3.30. The summed E-state index contributed by atoms with van der Waals surface area (Å²) in [6.07, 6.45) is 4.35. The molecule has 1 heterocycles. The van der Waals surface area contributed by atoms with Crippen molar-refractivity contribution < 1.29 is 13.9 Å². The van der Waals surface area contributed by atoms with Crippen LogP contribution >= 0.6 is 0 Å². The maximum absolute atomic E-state index is 13.5. The number of hydrogen-bond donors (Lipinski definition) is 1. The van der Waals surface area contributed by atoms with Gasteiger partial charge in [-0.25, -0.2) is 4.39 Å². The van der Waals surface area contributed by atoms with Gasteiger partial charge in [-0.1, -0.05) is 6.42 Å². The Morgan fingerprint density at radius 3 is 2.72 bits per heavy atom. The lowest BCUT2D eigenvalue weighted by atomic mass is 9.97. The summed E-state index contributed by atoms with van der Waals surface area (Å²) in [4.78, 5) is 0. The standard InChI is InChI=1S/C14H20FNO2/c1-17-13-9-11(15)7-10(14(13)18-2)8-12-5-3-4-6-16-12/h7,9,12,16H,3-6,8H2,1-2H3. The Morgan fingerprint density at radius 1 is 1.28 bits per heavy atom. The first-order valence-corrected chi connectivity index (χ1v) is 6.38. The Labute approximate surface area is 107 Å². The summed E-state index contributed by atoms with van der Waals surface area (Å²) < 4.78 is 24.0. The highest BCUT2D eigenvalue weighted by Crippen LogP contribution is 2.33. The number of methoxy groups -OCH3 is 2. The van der Waals surface area contributed by atoms with Crippen molar-refractivity contribution in [1.29, 1.82) is 0 Å². The molecule has 0 aromatic heterocycles. The van der Waals surface area contributed by atoms with E-state index in [1.54, 1.807) is 7.11 Å². The van der Waals surface area contributed by atoms with Crippen molar-refractivity contribution in [1.82, 2.24) is 5.32 Å². The molecule has 0 saturated carbocycles. The number of benzene rings is 1. The molecule has 0 radical (unpaired) electrons. The summed E-state index contributed by atoms with van der Waals surface area (Å²) in [5, 5.41) is 3.46. The molecule has 18 heavy (non-hydrogen) atoms. The molecule has 0 spiro atoms. The van der Waals surface area contributed by atoms with Crippen LogP contribution in [0.25, 0.3) is 0 Å². The molecule has 3 nitrogen and oxygen atoms in total. The van der Waals surface area contributed by atoms with Crippen molar-refractivity contribution >= 4 is 0 Å². The number of halogens is 1. The number of nitrogens with one attached hydrogen (secondary N) is 1. The van der Waals surface area contributed by atoms with E-state index in [-0.39, 0.29) is 5.82 Å². The molecule has 4 heteroatoms. The Morgan fingerprint density at radius 2 is 2.11 bits per heavy atom. The van der Waals surface area contributed by atoms with Gasteiger partial charge in [0, 0.05) is 17.7 Å². The molecular weight excluding hydrogens is 233 g/mol. The van der Waals surface area contributed by atoms with E-state index in [0.29, 0.717) is 17.5 Å². The zero-order chi connectivity index (χ0) is 13.0. The molecule has 2 rings (SSSR count). The lowest BCUT2D eigenvalue weighted by molar-refractivity contribution is 0.343. The van der Waals surface area contributed by atoms with E-state index in [0.717, 1.165) is 24.9 Å². The Hall–Kier alpha value is -1.29. The average molecular weight is 253 g/mol. The fourth-order valence-corrected chi connectivity index (χ4v) is 2.52. The van der Waals surface area contributed by atoms with Gasteiger partial charge in [0.2, 0.25) is 0 Å². The summed E-state index contributed by atoms with van der Waals surface area (Å²) in [6.45, 7) is 1.04. The van der Waals surface area contributed by atoms with Gasteiger partial charge in [-0.3, -0.25) is 0 Å². The van der Waals surface area contributed by atoms with Gasteiger partial charge >= 0.3 is 0 Å². The normalized spacial score (nSPS) is 19.6. The fraction of sp³-hybridized carbons (Fsp3) is 0.571. The second-order valence-electron chi connectivity index (χ2n) is 4.65. The van der Waals surface area contributed by atoms with Gasteiger partial charge < -0.3 is 14.8 Å². The maximum Gasteiger partial charge on any atom is 0.164 e. The van der Waals surface area contributed by atoms with Crippen LogP contribution in [-0.4, -0.2) is 26.8 Å². The quantitative estimate of drug-likeness (QED) is 0.894. The molecule has 1 aliphatic heterocycles. The molecular formula is C14H20FNO2.